The smallest absolute Gasteiger partial charge is 0.238 e. The Kier molecular flexibility index (Phi) is 5.31. The van der Waals surface area contributed by atoms with E-state index < -0.39 is 10.0 Å². The van der Waals surface area contributed by atoms with Gasteiger partial charge in [0.15, 0.2) is 0 Å². The number of primary sulfonamides is 1. The summed E-state index contributed by atoms with van der Waals surface area (Å²) in [6.45, 7) is 2.53. The second-order valence-corrected chi connectivity index (χ2v) is 5.61. The zero-order valence-electron chi connectivity index (χ0n) is 11.0. The third-order valence-electron chi connectivity index (χ3n) is 2.50. The van der Waals surface area contributed by atoms with Crippen molar-refractivity contribution in [3.05, 3.63) is 23.8 Å². The van der Waals surface area contributed by atoms with Crippen molar-refractivity contribution >= 4 is 15.9 Å². The Morgan fingerprint density at radius 2 is 2.11 bits per heavy atom. The lowest BCUT2D eigenvalue weighted by Crippen LogP contribution is -2.26. The molecule has 0 aromatic heterocycles. The Balaban J connectivity index is 3.00. The number of hydrogen-bond donors (Lipinski definition) is 2. The van der Waals surface area contributed by atoms with E-state index in [1.165, 1.54) is 25.3 Å². The average Bonchev–Trinajstić information content (AvgIpc) is 2.35. The number of hydrogen-bond acceptors (Lipinski definition) is 4. The van der Waals surface area contributed by atoms with Crippen molar-refractivity contribution in [1.82, 2.24) is 5.32 Å². The average molecular weight is 286 g/mol. The van der Waals surface area contributed by atoms with Gasteiger partial charge in [-0.2, -0.15) is 0 Å². The molecule has 0 saturated carbocycles. The maximum Gasteiger partial charge on any atom is 0.238 e. The molecule has 6 nitrogen and oxygen atoms in total. The lowest BCUT2D eigenvalue weighted by Gasteiger charge is -2.10. The summed E-state index contributed by atoms with van der Waals surface area (Å²) in [6, 6.07) is 4.20. The van der Waals surface area contributed by atoms with Gasteiger partial charge in [0.05, 0.1) is 18.4 Å². The Labute approximate surface area is 113 Å². The first kappa shape index (κ1) is 15.5. The number of nitrogens with two attached hydrogens (primary N) is 1. The monoisotopic (exact) mass is 286 g/mol. The van der Waals surface area contributed by atoms with Gasteiger partial charge in [0, 0.05) is 12.1 Å². The molecule has 0 fully saturated rings. The van der Waals surface area contributed by atoms with E-state index in [2.05, 4.69) is 5.32 Å². The van der Waals surface area contributed by atoms with Crippen LogP contribution in [0.3, 0.4) is 0 Å². The number of nitrogens with one attached hydrogen (secondary N) is 1. The third-order valence-corrected chi connectivity index (χ3v) is 3.41. The molecule has 0 radical (unpaired) electrons. The van der Waals surface area contributed by atoms with Crippen molar-refractivity contribution in [2.45, 2.75) is 24.7 Å². The summed E-state index contributed by atoms with van der Waals surface area (Å²) in [7, 11) is -2.33. The van der Waals surface area contributed by atoms with E-state index in [4.69, 9.17) is 9.88 Å². The molecule has 19 heavy (non-hydrogen) atoms. The minimum atomic E-state index is -3.79. The van der Waals surface area contributed by atoms with E-state index >= 15 is 0 Å². The number of methoxy groups -OCH3 is 1. The molecule has 0 atom stereocenters. The molecule has 0 saturated heterocycles. The summed E-state index contributed by atoms with van der Waals surface area (Å²) in [5.41, 5.74) is 0.489. The van der Waals surface area contributed by atoms with Gasteiger partial charge >= 0.3 is 0 Å². The Bertz CT molecular complexity index is 555. The molecule has 106 valence electrons. The number of sulfonamides is 1. The van der Waals surface area contributed by atoms with Crippen LogP contribution in [0.1, 0.15) is 18.9 Å². The maximum atomic E-state index is 11.7. The molecule has 0 heterocycles. The number of carbonyl (C=O) groups is 1. The van der Waals surface area contributed by atoms with Crippen molar-refractivity contribution < 1.29 is 17.9 Å². The van der Waals surface area contributed by atoms with Crippen molar-refractivity contribution in [1.29, 1.82) is 0 Å². The van der Waals surface area contributed by atoms with Gasteiger partial charge in [-0.15, -0.1) is 0 Å². The van der Waals surface area contributed by atoms with Gasteiger partial charge in [0.2, 0.25) is 15.9 Å². The fraction of sp³-hybridized carbons (Fsp3) is 0.417. The van der Waals surface area contributed by atoms with Crippen LogP contribution in [0.5, 0.6) is 5.75 Å². The maximum absolute atomic E-state index is 11.7. The van der Waals surface area contributed by atoms with Crippen LogP contribution >= 0.6 is 0 Å². The first-order valence-electron chi connectivity index (χ1n) is 5.85. The second-order valence-electron chi connectivity index (χ2n) is 4.05. The van der Waals surface area contributed by atoms with Gasteiger partial charge in [-0.25, -0.2) is 13.6 Å². The normalized spacial score (nSPS) is 11.1. The van der Waals surface area contributed by atoms with Gasteiger partial charge in [-0.1, -0.05) is 6.92 Å². The molecule has 0 bridgehead atoms. The first-order chi connectivity index (χ1) is 8.88. The minimum Gasteiger partial charge on any atom is -0.496 e. The molecule has 3 N–H and O–H groups in total. The number of ether oxygens (including phenoxy) is 1. The highest BCUT2D eigenvalue weighted by atomic mass is 32.2. The lowest BCUT2D eigenvalue weighted by molar-refractivity contribution is -0.120. The molecule has 1 amide bonds. The number of carbonyl (C=O) groups excluding carboxylic acids is 1. The molecular formula is C12H18N2O4S. The molecule has 0 unspecified atom stereocenters. The molecule has 1 aromatic carbocycles. The first-order valence-corrected chi connectivity index (χ1v) is 7.39. The summed E-state index contributed by atoms with van der Waals surface area (Å²) in [6.07, 6.45) is 0.882. The zero-order chi connectivity index (χ0) is 14.5. The summed E-state index contributed by atoms with van der Waals surface area (Å²) in [4.78, 5) is 11.6. The van der Waals surface area contributed by atoms with Crippen LogP contribution in [0, 0.1) is 0 Å². The van der Waals surface area contributed by atoms with Crippen LogP contribution in [0.4, 0.5) is 0 Å². The predicted molar refractivity (Wildman–Crippen MR) is 71.4 cm³/mol. The number of benzene rings is 1. The van der Waals surface area contributed by atoms with Crippen molar-refractivity contribution in [3.63, 3.8) is 0 Å². The third kappa shape index (κ3) is 4.53. The van der Waals surface area contributed by atoms with E-state index in [1.807, 2.05) is 6.92 Å². The molecule has 1 rings (SSSR count). The highest BCUT2D eigenvalue weighted by Crippen LogP contribution is 2.22. The SMILES string of the molecule is CCCNC(=O)Cc1cc(S(N)(=O)=O)ccc1OC. The molecule has 0 spiro atoms. The Hall–Kier alpha value is -1.60. The second kappa shape index (κ2) is 6.53. The fourth-order valence-electron chi connectivity index (χ4n) is 1.57. The summed E-state index contributed by atoms with van der Waals surface area (Å²) >= 11 is 0. The summed E-state index contributed by atoms with van der Waals surface area (Å²) in [5.74, 6) is 0.269. The quantitative estimate of drug-likeness (QED) is 0.791. The lowest BCUT2D eigenvalue weighted by atomic mass is 10.1. The zero-order valence-corrected chi connectivity index (χ0v) is 11.8. The van der Waals surface area contributed by atoms with Gasteiger partial charge in [-0.05, 0) is 24.6 Å². The van der Waals surface area contributed by atoms with E-state index in [9.17, 15) is 13.2 Å². The van der Waals surface area contributed by atoms with Crippen molar-refractivity contribution in [2.75, 3.05) is 13.7 Å². The van der Waals surface area contributed by atoms with Gasteiger partial charge in [0.1, 0.15) is 5.75 Å². The van der Waals surface area contributed by atoms with Gasteiger partial charge in [0.25, 0.3) is 0 Å². The van der Waals surface area contributed by atoms with E-state index in [1.54, 1.807) is 0 Å². The Morgan fingerprint density at radius 1 is 1.42 bits per heavy atom. The highest BCUT2D eigenvalue weighted by Gasteiger charge is 2.14. The van der Waals surface area contributed by atoms with E-state index in [-0.39, 0.29) is 17.2 Å². The highest BCUT2D eigenvalue weighted by molar-refractivity contribution is 7.89. The Morgan fingerprint density at radius 3 is 2.63 bits per heavy atom. The van der Waals surface area contributed by atoms with Crippen LogP contribution in [0.25, 0.3) is 0 Å². The van der Waals surface area contributed by atoms with Crippen LogP contribution in [-0.2, 0) is 21.2 Å². The molecule has 0 aliphatic carbocycles. The fourth-order valence-corrected chi connectivity index (χ4v) is 2.13. The van der Waals surface area contributed by atoms with Crippen LogP contribution in [-0.4, -0.2) is 28.0 Å². The molecule has 7 heteroatoms. The topological polar surface area (TPSA) is 98.5 Å². The van der Waals surface area contributed by atoms with Gasteiger partial charge in [-0.3, -0.25) is 4.79 Å². The van der Waals surface area contributed by atoms with Crippen LogP contribution < -0.4 is 15.2 Å². The van der Waals surface area contributed by atoms with E-state index in [0.29, 0.717) is 17.9 Å². The largest absolute Gasteiger partial charge is 0.496 e. The van der Waals surface area contributed by atoms with Crippen molar-refractivity contribution in [3.8, 4) is 5.75 Å². The number of rotatable bonds is 6. The molecule has 0 aliphatic rings. The summed E-state index contributed by atoms with van der Waals surface area (Å²) < 4.78 is 27.7. The molecular weight excluding hydrogens is 268 g/mol. The van der Waals surface area contributed by atoms with Crippen LogP contribution in [0.15, 0.2) is 23.1 Å². The van der Waals surface area contributed by atoms with Crippen molar-refractivity contribution in [2.24, 2.45) is 5.14 Å². The predicted octanol–water partition coefficient (Wildman–Crippen LogP) is 0.411. The number of amides is 1. The molecule has 0 aliphatic heterocycles. The minimum absolute atomic E-state index is 0.0356. The van der Waals surface area contributed by atoms with E-state index in [0.717, 1.165) is 6.42 Å². The molecule has 1 aromatic rings. The van der Waals surface area contributed by atoms with Gasteiger partial charge < -0.3 is 10.1 Å². The standard InChI is InChI=1S/C12H18N2O4S/c1-3-6-14-12(15)8-9-7-10(19(13,16)17)4-5-11(9)18-2/h4-5,7H,3,6,8H2,1-2H3,(H,14,15)(H2,13,16,17). The van der Waals surface area contributed by atoms with Crippen LogP contribution in [0.2, 0.25) is 0 Å². The summed E-state index contributed by atoms with van der Waals surface area (Å²) in [5, 5.41) is 7.77.